The third kappa shape index (κ3) is 2.31. The van der Waals surface area contributed by atoms with Crippen LogP contribution in [0.3, 0.4) is 0 Å². The number of rotatable bonds is 3. The van der Waals surface area contributed by atoms with E-state index in [1.54, 1.807) is 23.1 Å². The SMILES string of the molecule is CCn1cc(/C(=N\O)c2cc(Cl)ccc2O)cn1. The van der Waals surface area contributed by atoms with Crippen LogP contribution in [0, 0.1) is 0 Å². The van der Waals surface area contributed by atoms with E-state index in [0.717, 1.165) is 0 Å². The third-order valence-corrected chi connectivity index (χ3v) is 2.78. The van der Waals surface area contributed by atoms with E-state index < -0.39 is 0 Å². The first-order valence-corrected chi connectivity index (χ1v) is 5.77. The van der Waals surface area contributed by atoms with Crippen molar-refractivity contribution in [2.24, 2.45) is 5.16 Å². The molecule has 2 rings (SSSR count). The van der Waals surface area contributed by atoms with E-state index in [2.05, 4.69) is 10.3 Å². The van der Waals surface area contributed by atoms with Crippen LogP contribution >= 0.6 is 11.6 Å². The van der Waals surface area contributed by atoms with Crippen molar-refractivity contribution in [2.45, 2.75) is 13.5 Å². The van der Waals surface area contributed by atoms with Crippen LogP contribution in [0.5, 0.6) is 5.75 Å². The summed E-state index contributed by atoms with van der Waals surface area (Å²) >= 11 is 5.87. The molecule has 0 saturated carbocycles. The molecule has 0 bridgehead atoms. The minimum atomic E-state index is -0.00329. The molecule has 0 fully saturated rings. The molecule has 0 aliphatic heterocycles. The predicted molar refractivity (Wildman–Crippen MR) is 68.4 cm³/mol. The fourth-order valence-electron chi connectivity index (χ4n) is 1.62. The van der Waals surface area contributed by atoms with Gasteiger partial charge in [0, 0.05) is 28.9 Å². The zero-order chi connectivity index (χ0) is 13.1. The van der Waals surface area contributed by atoms with Crippen LogP contribution in [0.25, 0.3) is 0 Å². The molecule has 0 unspecified atom stereocenters. The number of phenolic OH excluding ortho intramolecular Hbond substituents is 1. The number of aryl methyl sites for hydroxylation is 1. The second kappa shape index (κ2) is 5.10. The number of aromatic nitrogens is 2. The number of nitrogens with zero attached hydrogens (tertiary/aromatic N) is 3. The first-order valence-electron chi connectivity index (χ1n) is 5.39. The lowest BCUT2D eigenvalue weighted by Gasteiger charge is -2.05. The normalized spacial score (nSPS) is 11.8. The molecule has 6 heteroatoms. The Morgan fingerprint density at radius 2 is 2.28 bits per heavy atom. The molecule has 2 N–H and O–H groups in total. The van der Waals surface area contributed by atoms with E-state index in [9.17, 15) is 5.11 Å². The summed E-state index contributed by atoms with van der Waals surface area (Å²) in [5.74, 6) is -0.00329. The van der Waals surface area contributed by atoms with Crippen LogP contribution in [-0.2, 0) is 6.54 Å². The molecule has 2 aromatic rings. The van der Waals surface area contributed by atoms with Gasteiger partial charge in [-0.25, -0.2) is 0 Å². The number of halogens is 1. The summed E-state index contributed by atoms with van der Waals surface area (Å²) in [7, 11) is 0. The van der Waals surface area contributed by atoms with Crippen molar-refractivity contribution in [3.8, 4) is 5.75 Å². The minimum Gasteiger partial charge on any atom is -0.507 e. The van der Waals surface area contributed by atoms with Gasteiger partial charge in [0.1, 0.15) is 11.5 Å². The molecule has 5 nitrogen and oxygen atoms in total. The van der Waals surface area contributed by atoms with Gasteiger partial charge in [0.05, 0.1) is 6.20 Å². The summed E-state index contributed by atoms with van der Waals surface area (Å²) < 4.78 is 1.70. The monoisotopic (exact) mass is 265 g/mol. The van der Waals surface area contributed by atoms with Gasteiger partial charge in [0.25, 0.3) is 0 Å². The van der Waals surface area contributed by atoms with E-state index in [4.69, 9.17) is 16.8 Å². The average Bonchev–Trinajstić information content (AvgIpc) is 2.83. The fourth-order valence-corrected chi connectivity index (χ4v) is 1.80. The third-order valence-electron chi connectivity index (χ3n) is 2.54. The predicted octanol–water partition coefficient (Wildman–Crippen LogP) is 2.49. The fraction of sp³-hybridized carbons (Fsp3) is 0.167. The van der Waals surface area contributed by atoms with Crippen LogP contribution in [0.2, 0.25) is 5.02 Å². The highest BCUT2D eigenvalue weighted by Crippen LogP contribution is 2.24. The van der Waals surface area contributed by atoms with Crippen molar-refractivity contribution < 1.29 is 10.3 Å². The molecule has 0 amide bonds. The Kier molecular flexibility index (Phi) is 3.53. The zero-order valence-electron chi connectivity index (χ0n) is 9.71. The van der Waals surface area contributed by atoms with E-state index in [1.165, 1.54) is 12.1 Å². The molecule has 0 saturated heterocycles. The van der Waals surface area contributed by atoms with Gasteiger partial charge in [-0.15, -0.1) is 0 Å². The van der Waals surface area contributed by atoms with Crippen molar-refractivity contribution in [3.05, 3.63) is 46.7 Å². The quantitative estimate of drug-likeness (QED) is 0.509. The molecular formula is C12H12ClN3O2. The molecule has 1 aromatic heterocycles. The van der Waals surface area contributed by atoms with Crippen molar-refractivity contribution in [2.75, 3.05) is 0 Å². The first kappa shape index (κ1) is 12.4. The Morgan fingerprint density at radius 3 is 2.89 bits per heavy atom. The van der Waals surface area contributed by atoms with Crippen molar-refractivity contribution >= 4 is 17.3 Å². The number of hydrogen-bond acceptors (Lipinski definition) is 4. The van der Waals surface area contributed by atoms with Crippen LogP contribution in [0.1, 0.15) is 18.1 Å². The molecule has 94 valence electrons. The van der Waals surface area contributed by atoms with Crippen molar-refractivity contribution in [1.82, 2.24) is 9.78 Å². The second-order valence-corrected chi connectivity index (χ2v) is 4.13. The van der Waals surface area contributed by atoms with Crippen LogP contribution in [-0.4, -0.2) is 25.8 Å². The molecule has 0 spiro atoms. The maximum Gasteiger partial charge on any atom is 0.125 e. The number of aromatic hydroxyl groups is 1. The average molecular weight is 266 g/mol. The number of phenols is 1. The Hall–Kier alpha value is -2.01. The van der Waals surface area contributed by atoms with E-state index >= 15 is 0 Å². The van der Waals surface area contributed by atoms with E-state index in [-0.39, 0.29) is 11.5 Å². The maximum atomic E-state index is 9.78. The van der Waals surface area contributed by atoms with Gasteiger partial charge in [-0.2, -0.15) is 5.10 Å². The highest BCUT2D eigenvalue weighted by Gasteiger charge is 2.14. The summed E-state index contributed by atoms with van der Waals surface area (Å²) in [4.78, 5) is 0. The lowest BCUT2D eigenvalue weighted by atomic mass is 10.0. The van der Waals surface area contributed by atoms with Gasteiger partial charge in [-0.3, -0.25) is 4.68 Å². The summed E-state index contributed by atoms with van der Waals surface area (Å²) in [6.07, 6.45) is 3.30. The van der Waals surface area contributed by atoms with Crippen LogP contribution < -0.4 is 0 Å². The highest BCUT2D eigenvalue weighted by molar-refractivity contribution is 6.31. The Morgan fingerprint density at radius 1 is 1.50 bits per heavy atom. The summed E-state index contributed by atoms with van der Waals surface area (Å²) in [6.45, 7) is 2.66. The Bertz CT molecular complexity index is 593. The number of oxime groups is 1. The lowest BCUT2D eigenvalue weighted by molar-refractivity contribution is 0.319. The van der Waals surface area contributed by atoms with E-state index in [0.29, 0.717) is 22.7 Å². The lowest BCUT2D eigenvalue weighted by Crippen LogP contribution is -2.03. The van der Waals surface area contributed by atoms with E-state index in [1.807, 2.05) is 6.92 Å². The molecule has 0 atom stereocenters. The summed E-state index contributed by atoms with van der Waals surface area (Å²) in [5.41, 5.74) is 1.20. The summed E-state index contributed by atoms with van der Waals surface area (Å²) in [6, 6.07) is 4.55. The Labute approximate surface area is 109 Å². The van der Waals surface area contributed by atoms with Gasteiger partial charge in [-0.1, -0.05) is 16.8 Å². The van der Waals surface area contributed by atoms with Gasteiger partial charge in [0.15, 0.2) is 0 Å². The second-order valence-electron chi connectivity index (χ2n) is 3.69. The molecule has 0 radical (unpaired) electrons. The first-order chi connectivity index (χ1) is 8.65. The number of hydrogen-bond donors (Lipinski definition) is 2. The molecule has 0 aliphatic carbocycles. The largest absolute Gasteiger partial charge is 0.507 e. The molecule has 1 aromatic carbocycles. The molecular weight excluding hydrogens is 254 g/mol. The minimum absolute atomic E-state index is 0.00329. The molecule has 18 heavy (non-hydrogen) atoms. The number of benzene rings is 1. The smallest absolute Gasteiger partial charge is 0.125 e. The van der Waals surface area contributed by atoms with Gasteiger partial charge in [0.2, 0.25) is 0 Å². The van der Waals surface area contributed by atoms with Gasteiger partial charge >= 0.3 is 0 Å². The van der Waals surface area contributed by atoms with Gasteiger partial charge < -0.3 is 10.3 Å². The highest BCUT2D eigenvalue weighted by atomic mass is 35.5. The summed E-state index contributed by atoms with van der Waals surface area (Å²) in [5, 5.41) is 26.7. The zero-order valence-corrected chi connectivity index (χ0v) is 10.5. The van der Waals surface area contributed by atoms with Crippen LogP contribution in [0.15, 0.2) is 35.7 Å². The van der Waals surface area contributed by atoms with Gasteiger partial charge in [-0.05, 0) is 25.1 Å². The molecule has 1 heterocycles. The van der Waals surface area contributed by atoms with Crippen LogP contribution in [0.4, 0.5) is 0 Å². The topological polar surface area (TPSA) is 70.6 Å². The molecule has 0 aliphatic rings. The van der Waals surface area contributed by atoms with Crippen molar-refractivity contribution in [3.63, 3.8) is 0 Å². The standard InChI is InChI=1S/C12H12ClN3O2/c1-2-16-7-8(6-14-16)12(15-18)10-5-9(13)3-4-11(10)17/h3-7,17-18H,2H2,1H3/b15-12+. The Balaban J connectivity index is 2.49. The van der Waals surface area contributed by atoms with Crippen molar-refractivity contribution in [1.29, 1.82) is 0 Å². The maximum absolute atomic E-state index is 9.78.